The summed E-state index contributed by atoms with van der Waals surface area (Å²) in [5.74, 6) is 0. The fourth-order valence-electron chi connectivity index (χ4n) is 2.65. The Kier molecular flexibility index (Phi) is 3.92. The summed E-state index contributed by atoms with van der Waals surface area (Å²) in [6.07, 6.45) is 2.52. The van der Waals surface area contributed by atoms with Crippen LogP contribution in [0.3, 0.4) is 0 Å². The molecule has 3 heteroatoms. The minimum atomic E-state index is -0.792. The maximum atomic E-state index is 10.8. The highest BCUT2D eigenvalue weighted by molar-refractivity contribution is 7.07. The van der Waals surface area contributed by atoms with E-state index in [4.69, 9.17) is 0 Å². The molecule has 1 fully saturated rings. The van der Waals surface area contributed by atoms with Crippen LogP contribution in [0.25, 0.3) is 0 Å². The lowest BCUT2D eigenvalue weighted by molar-refractivity contribution is 0.0105. The van der Waals surface area contributed by atoms with Gasteiger partial charge in [0.05, 0.1) is 5.60 Å². The second-order valence-corrected chi connectivity index (χ2v) is 6.69. The Labute approximate surface area is 124 Å². The van der Waals surface area contributed by atoms with Crippen molar-refractivity contribution in [3.05, 3.63) is 58.3 Å². The van der Waals surface area contributed by atoms with Crippen LogP contribution in [0.5, 0.6) is 0 Å². The van der Waals surface area contributed by atoms with Crippen LogP contribution in [-0.2, 0) is 12.1 Å². The Morgan fingerprint density at radius 1 is 1.25 bits per heavy atom. The average Bonchev–Trinajstić information content (AvgIpc) is 3.18. The monoisotopic (exact) mass is 287 g/mol. The van der Waals surface area contributed by atoms with Crippen LogP contribution in [0.2, 0.25) is 0 Å². The van der Waals surface area contributed by atoms with Gasteiger partial charge in [0.15, 0.2) is 0 Å². The first-order valence-corrected chi connectivity index (χ1v) is 8.12. The first kappa shape index (κ1) is 13.8. The van der Waals surface area contributed by atoms with E-state index in [1.807, 2.05) is 37.3 Å². The molecule has 1 unspecified atom stereocenters. The van der Waals surface area contributed by atoms with Gasteiger partial charge in [-0.2, -0.15) is 11.3 Å². The van der Waals surface area contributed by atoms with E-state index in [1.54, 1.807) is 11.3 Å². The summed E-state index contributed by atoms with van der Waals surface area (Å²) < 4.78 is 0. The van der Waals surface area contributed by atoms with Crippen molar-refractivity contribution in [2.45, 2.75) is 38.0 Å². The largest absolute Gasteiger partial charge is 0.384 e. The third-order valence-electron chi connectivity index (χ3n) is 3.94. The molecule has 0 saturated heterocycles. The van der Waals surface area contributed by atoms with Gasteiger partial charge in [0.1, 0.15) is 0 Å². The fourth-order valence-corrected chi connectivity index (χ4v) is 3.31. The Morgan fingerprint density at radius 2 is 2.00 bits per heavy atom. The van der Waals surface area contributed by atoms with Crippen LogP contribution in [0.4, 0.5) is 0 Å². The van der Waals surface area contributed by atoms with Crippen molar-refractivity contribution < 1.29 is 5.11 Å². The molecule has 2 nitrogen and oxygen atoms in total. The molecular formula is C17H21NOS. The van der Waals surface area contributed by atoms with Crippen LogP contribution < -0.4 is 0 Å². The van der Waals surface area contributed by atoms with Gasteiger partial charge in [0.2, 0.25) is 0 Å². The Bertz CT molecular complexity index is 531. The Hall–Kier alpha value is -1.16. The van der Waals surface area contributed by atoms with E-state index >= 15 is 0 Å². The van der Waals surface area contributed by atoms with Crippen molar-refractivity contribution in [3.63, 3.8) is 0 Å². The standard InChI is InChI=1S/C17H21NOS/c1-17(19,15-5-3-2-4-6-15)13-18(16-7-8-16)11-14-9-10-20-12-14/h2-6,9-10,12,16,19H,7-8,11,13H2,1H3. The van der Waals surface area contributed by atoms with Crippen molar-refractivity contribution in [2.24, 2.45) is 0 Å². The minimum absolute atomic E-state index is 0.644. The maximum Gasteiger partial charge on any atom is 0.0995 e. The molecule has 1 aromatic carbocycles. The summed E-state index contributed by atoms with van der Waals surface area (Å²) in [5.41, 5.74) is 1.56. The van der Waals surface area contributed by atoms with Gasteiger partial charge < -0.3 is 5.11 Å². The minimum Gasteiger partial charge on any atom is -0.384 e. The molecule has 3 rings (SSSR count). The molecule has 1 aliphatic carbocycles. The second-order valence-electron chi connectivity index (χ2n) is 5.91. The van der Waals surface area contributed by atoms with Crippen LogP contribution in [0.15, 0.2) is 47.2 Å². The highest BCUT2D eigenvalue weighted by atomic mass is 32.1. The van der Waals surface area contributed by atoms with Gasteiger partial charge in [-0.25, -0.2) is 0 Å². The number of benzene rings is 1. The SMILES string of the molecule is CC(O)(CN(Cc1ccsc1)C1CC1)c1ccccc1. The summed E-state index contributed by atoms with van der Waals surface area (Å²) in [6, 6.07) is 12.8. The lowest BCUT2D eigenvalue weighted by atomic mass is 9.95. The van der Waals surface area contributed by atoms with E-state index in [9.17, 15) is 5.11 Å². The molecule has 1 aromatic heterocycles. The lowest BCUT2D eigenvalue weighted by Gasteiger charge is -2.32. The molecule has 1 aliphatic rings. The molecule has 1 N–H and O–H groups in total. The zero-order chi connectivity index (χ0) is 14.0. The number of hydrogen-bond donors (Lipinski definition) is 1. The molecule has 0 aliphatic heterocycles. The summed E-state index contributed by atoms with van der Waals surface area (Å²) in [4.78, 5) is 2.43. The van der Waals surface area contributed by atoms with E-state index in [2.05, 4.69) is 21.7 Å². The van der Waals surface area contributed by atoms with Crippen molar-refractivity contribution in [1.29, 1.82) is 0 Å². The average molecular weight is 287 g/mol. The van der Waals surface area contributed by atoms with E-state index in [0.29, 0.717) is 12.6 Å². The summed E-state index contributed by atoms with van der Waals surface area (Å²) in [6.45, 7) is 3.56. The molecular weight excluding hydrogens is 266 g/mol. The molecule has 2 aromatic rings. The maximum absolute atomic E-state index is 10.8. The van der Waals surface area contributed by atoms with Crippen molar-refractivity contribution in [1.82, 2.24) is 4.90 Å². The van der Waals surface area contributed by atoms with E-state index in [-0.39, 0.29) is 0 Å². The van der Waals surface area contributed by atoms with Crippen molar-refractivity contribution >= 4 is 11.3 Å². The zero-order valence-corrected chi connectivity index (χ0v) is 12.6. The third kappa shape index (κ3) is 3.29. The topological polar surface area (TPSA) is 23.5 Å². The van der Waals surface area contributed by atoms with Crippen molar-refractivity contribution in [3.8, 4) is 0 Å². The van der Waals surface area contributed by atoms with Crippen LogP contribution in [0.1, 0.15) is 30.9 Å². The number of thiophene rings is 1. The molecule has 0 spiro atoms. The first-order chi connectivity index (χ1) is 9.65. The van der Waals surface area contributed by atoms with Gasteiger partial charge in [-0.3, -0.25) is 4.90 Å². The summed E-state index contributed by atoms with van der Waals surface area (Å²) >= 11 is 1.74. The third-order valence-corrected chi connectivity index (χ3v) is 4.67. The van der Waals surface area contributed by atoms with Gasteiger partial charge in [-0.05, 0) is 47.7 Å². The van der Waals surface area contributed by atoms with E-state index in [1.165, 1.54) is 18.4 Å². The Balaban J connectivity index is 1.72. The Morgan fingerprint density at radius 3 is 2.60 bits per heavy atom. The molecule has 20 heavy (non-hydrogen) atoms. The van der Waals surface area contributed by atoms with E-state index in [0.717, 1.165) is 12.1 Å². The predicted molar refractivity (Wildman–Crippen MR) is 83.8 cm³/mol. The van der Waals surface area contributed by atoms with Gasteiger partial charge >= 0.3 is 0 Å². The zero-order valence-electron chi connectivity index (χ0n) is 11.8. The number of rotatable bonds is 6. The molecule has 1 saturated carbocycles. The van der Waals surface area contributed by atoms with Gasteiger partial charge in [-0.15, -0.1) is 0 Å². The highest BCUT2D eigenvalue weighted by Gasteiger charge is 2.34. The summed E-state index contributed by atoms with van der Waals surface area (Å²) in [5, 5.41) is 15.1. The number of nitrogens with zero attached hydrogens (tertiary/aromatic N) is 1. The molecule has 0 radical (unpaired) electrons. The molecule has 1 heterocycles. The van der Waals surface area contributed by atoms with Gasteiger partial charge in [-0.1, -0.05) is 30.3 Å². The van der Waals surface area contributed by atoms with Crippen molar-refractivity contribution in [2.75, 3.05) is 6.54 Å². The van der Waals surface area contributed by atoms with Gasteiger partial charge in [0.25, 0.3) is 0 Å². The normalized spacial score (nSPS) is 18.1. The summed E-state index contributed by atoms with van der Waals surface area (Å²) in [7, 11) is 0. The predicted octanol–water partition coefficient (Wildman–Crippen LogP) is 3.62. The smallest absolute Gasteiger partial charge is 0.0995 e. The molecule has 0 bridgehead atoms. The van der Waals surface area contributed by atoms with Gasteiger partial charge in [0, 0.05) is 19.1 Å². The lowest BCUT2D eigenvalue weighted by Crippen LogP contribution is -2.39. The molecule has 0 amide bonds. The quantitative estimate of drug-likeness (QED) is 0.877. The van der Waals surface area contributed by atoms with Crippen LogP contribution >= 0.6 is 11.3 Å². The molecule has 1 atom stereocenters. The van der Waals surface area contributed by atoms with Crippen LogP contribution in [-0.4, -0.2) is 22.6 Å². The fraction of sp³-hybridized carbons (Fsp3) is 0.412. The van der Waals surface area contributed by atoms with E-state index < -0.39 is 5.60 Å². The molecule has 106 valence electrons. The second kappa shape index (κ2) is 5.68. The van der Waals surface area contributed by atoms with Crippen LogP contribution in [0, 0.1) is 0 Å². The first-order valence-electron chi connectivity index (χ1n) is 7.18. The number of aliphatic hydroxyl groups is 1. The highest BCUT2D eigenvalue weighted by Crippen LogP contribution is 2.32. The number of hydrogen-bond acceptors (Lipinski definition) is 3.